The lowest BCUT2D eigenvalue weighted by Gasteiger charge is -2.28. The van der Waals surface area contributed by atoms with Crippen LogP contribution in [0.15, 0.2) is 36.9 Å². The van der Waals surface area contributed by atoms with Gasteiger partial charge in [-0.15, -0.1) is 0 Å². The predicted octanol–water partition coefficient (Wildman–Crippen LogP) is 3.05. The Morgan fingerprint density at radius 3 is 2.91 bits per heavy atom. The van der Waals surface area contributed by atoms with Gasteiger partial charge >= 0.3 is 0 Å². The molecular weight excluding hydrogens is 276 g/mol. The minimum atomic E-state index is -0.165. The van der Waals surface area contributed by atoms with E-state index in [-0.39, 0.29) is 23.8 Å². The van der Waals surface area contributed by atoms with Crippen molar-refractivity contribution in [1.29, 1.82) is 0 Å². The molecule has 0 saturated heterocycles. The molecule has 1 aromatic rings. The third-order valence-electron chi connectivity index (χ3n) is 4.18. The summed E-state index contributed by atoms with van der Waals surface area (Å²) in [5, 5.41) is 5.90. The molecule has 1 fully saturated rings. The van der Waals surface area contributed by atoms with Crippen LogP contribution in [-0.2, 0) is 16.0 Å². The molecule has 2 N–H and O–H groups in total. The van der Waals surface area contributed by atoms with E-state index in [0.717, 1.165) is 31.4 Å². The van der Waals surface area contributed by atoms with Crippen molar-refractivity contribution < 1.29 is 9.59 Å². The van der Waals surface area contributed by atoms with Crippen LogP contribution in [0.1, 0.15) is 38.2 Å². The zero-order valence-corrected chi connectivity index (χ0v) is 13.1. The van der Waals surface area contributed by atoms with E-state index < -0.39 is 0 Å². The maximum absolute atomic E-state index is 12.4. The summed E-state index contributed by atoms with van der Waals surface area (Å²) >= 11 is 0. The van der Waals surface area contributed by atoms with Crippen molar-refractivity contribution >= 4 is 17.5 Å². The second-order valence-corrected chi connectivity index (χ2v) is 5.82. The Hall–Kier alpha value is -2.10. The largest absolute Gasteiger partial charge is 0.350 e. The Morgan fingerprint density at radius 2 is 2.18 bits per heavy atom. The standard InChI is InChI=1S/C18H24N2O2/c1-3-13-7-5-9-15(11-13)20-18(22)14-8-6-10-16(12-14)19-17(21)4-2/h4-5,7,9,11,14,16H,2-3,6,8,10,12H2,1H3,(H,19,21)(H,20,22). The second kappa shape index (κ2) is 7.78. The number of carbonyl (C=O) groups is 2. The monoisotopic (exact) mass is 300 g/mol. The molecule has 0 aromatic heterocycles. The van der Waals surface area contributed by atoms with Crippen LogP contribution in [0.25, 0.3) is 0 Å². The summed E-state index contributed by atoms with van der Waals surface area (Å²) in [7, 11) is 0. The Labute approximate surface area is 132 Å². The Bertz CT molecular complexity index is 554. The van der Waals surface area contributed by atoms with Crippen molar-refractivity contribution in [2.24, 2.45) is 5.92 Å². The zero-order valence-electron chi connectivity index (χ0n) is 13.1. The molecule has 1 aliphatic rings. The van der Waals surface area contributed by atoms with Crippen molar-refractivity contribution in [2.75, 3.05) is 5.32 Å². The van der Waals surface area contributed by atoms with Gasteiger partial charge in [-0.1, -0.05) is 32.1 Å². The molecule has 1 aliphatic carbocycles. The molecule has 2 rings (SSSR count). The molecule has 1 saturated carbocycles. The number of anilines is 1. The molecule has 118 valence electrons. The van der Waals surface area contributed by atoms with E-state index in [1.165, 1.54) is 11.6 Å². The van der Waals surface area contributed by atoms with Gasteiger partial charge in [0.1, 0.15) is 0 Å². The molecule has 0 spiro atoms. The molecular formula is C18H24N2O2. The number of rotatable bonds is 5. The summed E-state index contributed by atoms with van der Waals surface area (Å²) in [5.74, 6) is -0.165. The van der Waals surface area contributed by atoms with E-state index in [2.05, 4.69) is 30.2 Å². The number of hydrogen-bond donors (Lipinski definition) is 2. The van der Waals surface area contributed by atoms with Crippen LogP contribution in [0.3, 0.4) is 0 Å². The number of benzene rings is 1. The van der Waals surface area contributed by atoms with Crippen LogP contribution in [0.4, 0.5) is 5.69 Å². The van der Waals surface area contributed by atoms with Crippen molar-refractivity contribution in [1.82, 2.24) is 5.32 Å². The molecule has 2 atom stereocenters. The number of amides is 2. The van der Waals surface area contributed by atoms with Crippen molar-refractivity contribution in [3.05, 3.63) is 42.5 Å². The van der Waals surface area contributed by atoms with Crippen LogP contribution in [0.5, 0.6) is 0 Å². The SMILES string of the molecule is C=CC(=O)NC1CCCC(C(=O)Nc2cccc(CC)c2)C1. The maximum atomic E-state index is 12.4. The van der Waals surface area contributed by atoms with Crippen LogP contribution < -0.4 is 10.6 Å². The van der Waals surface area contributed by atoms with Crippen LogP contribution in [0, 0.1) is 5.92 Å². The van der Waals surface area contributed by atoms with E-state index in [9.17, 15) is 9.59 Å². The van der Waals surface area contributed by atoms with E-state index in [1.54, 1.807) is 0 Å². The molecule has 0 heterocycles. The first-order valence-corrected chi connectivity index (χ1v) is 7.95. The molecule has 0 bridgehead atoms. The van der Waals surface area contributed by atoms with Gasteiger partial charge in [0.25, 0.3) is 0 Å². The van der Waals surface area contributed by atoms with Crippen LogP contribution >= 0.6 is 0 Å². The summed E-state index contributed by atoms with van der Waals surface area (Å²) in [4.78, 5) is 23.8. The van der Waals surface area contributed by atoms with Gasteiger partial charge in [0, 0.05) is 17.6 Å². The van der Waals surface area contributed by atoms with E-state index >= 15 is 0 Å². The van der Waals surface area contributed by atoms with Crippen LogP contribution in [-0.4, -0.2) is 17.9 Å². The van der Waals surface area contributed by atoms with Crippen molar-refractivity contribution in [2.45, 2.75) is 45.1 Å². The number of nitrogens with one attached hydrogen (secondary N) is 2. The number of hydrogen-bond acceptors (Lipinski definition) is 2. The zero-order chi connectivity index (χ0) is 15.9. The highest BCUT2D eigenvalue weighted by molar-refractivity contribution is 5.93. The highest BCUT2D eigenvalue weighted by Crippen LogP contribution is 2.26. The fraction of sp³-hybridized carbons (Fsp3) is 0.444. The smallest absolute Gasteiger partial charge is 0.243 e. The minimum Gasteiger partial charge on any atom is -0.350 e. The van der Waals surface area contributed by atoms with E-state index in [4.69, 9.17) is 0 Å². The van der Waals surface area contributed by atoms with Gasteiger partial charge < -0.3 is 10.6 Å². The van der Waals surface area contributed by atoms with Gasteiger partial charge in [0.15, 0.2) is 0 Å². The van der Waals surface area contributed by atoms with Gasteiger partial charge in [-0.25, -0.2) is 0 Å². The first-order valence-electron chi connectivity index (χ1n) is 7.95. The average molecular weight is 300 g/mol. The fourth-order valence-corrected chi connectivity index (χ4v) is 2.93. The molecule has 4 heteroatoms. The molecule has 2 amide bonds. The average Bonchev–Trinajstić information content (AvgIpc) is 2.55. The third-order valence-corrected chi connectivity index (χ3v) is 4.18. The van der Waals surface area contributed by atoms with Gasteiger partial charge in [-0.2, -0.15) is 0 Å². The highest BCUT2D eigenvalue weighted by Gasteiger charge is 2.27. The summed E-state index contributed by atoms with van der Waals surface area (Å²) in [6.45, 7) is 5.55. The van der Waals surface area contributed by atoms with Crippen LogP contribution in [0.2, 0.25) is 0 Å². The molecule has 0 aliphatic heterocycles. The summed E-state index contributed by atoms with van der Waals surface area (Å²) < 4.78 is 0. The van der Waals surface area contributed by atoms with E-state index in [1.807, 2.05) is 18.2 Å². The first-order chi connectivity index (χ1) is 10.6. The predicted molar refractivity (Wildman–Crippen MR) is 88.5 cm³/mol. The quantitative estimate of drug-likeness (QED) is 0.821. The number of carbonyl (C=O) groups excluding carboxylic acids is 2. The summed E-state index contributed by atoms with van der Waals surface area (Å²) in [6, 6.07) is 8.01. The molecule has 0 radical (unpaired) electrons. The van der Waals surface area contributed by atoms with Crippen molar-refractivity contribution in [3.63, 3.8) is 0 Å². The van der Waals surface area contributed by atoms with Gasteiger partial charge in [0.2, 0.25) is 11.8 Å². The fourth-order valence-electron chi connectivity index (χ4n) is 2.93. The van der Waals surface area contributed by atoms with E-state index in [0.29, 0.717) is 6.42 Å². The lowest BCUT2D eigenvalue weighted by Crippen LogP contribution is -2.40. The molecule has 2 unspecified atom stereocenters. The first kappa shape index (κ1) is 16.3. The Kier molecular flexibility index (Phi) is 5.75. The lowest BCUT2D eigenvalue weighted by molar-refractivity contribution is -0.122. The third kappa shape index (κ3) is 4.45. The van der Waals surface area contributed by atoms with Gasteiger partial charge in [0.05, 0.1) is 0 Å². The van der Waals surface area contributed by atoms with Gasteiger partial charge in [-0.3, -0.25) is 9.59 Å². The number of aryl methyl sites for hydroxylation is 1. The van der Waals surface area contributed by atoms with Crippen molar-refractivity contribution in [3.8, 4) is 0 Å². The highest BCUT2D eigenvalue weighted by atomic mass is 16.2. The second-order valence-electron chi connectivity index (χ2n) is 5.82. The van der Waals surface area contributed by atoms with Gasteiger partial charge in [-0.05, 0) is 49.5 Å². The molecule has 1 aromatic carbocycles. The normalized spacial score (nSPS) is 21.0. The molecule has 22 heavy (non-hydrogen) atoms. The molecule has 4 nitrogen and oxygen atoms in total. The maximum Gasteiger partial charge on any atom is 0.243 e. The topological polar surface area (TPSA) is 58.2 Å². The summed E-state index contributed by atoms with van der Waals surface area (Å²) in [6.07, 6.45) is 5.67. The summed E-state index contributed by atoms with van der Waals surface area (Å²) in [5.41, 5.74) is 2.05. The lowest BCUT2D eigenvalue weighted by atomic mass is 9.85. The minimum absolute atomic E-state index is 0.0470. The Balaban J connectivity index is 1.93. The Morgan fingerprint density at radius 1 is 1.36 bits per heavy atom.